The van der Waals surface area contributed by atoms with Crippen LogP contribution in [-0.4, -0.2) is 50.8 Å². The van der Waals surface area contributed by atoms with Crippen LogP contribution >= 0.6 is 0 Å². The lowest BCUT2D eigenvalue weighted by atomic mass is 9.88. The lowest BCUT2D eigenvalue weighted by Gasteiger charge is -2.40. The molecule has 0 bridgehead atoms. The second-order valence-corrected chi connectivity index (χ2v) is 6.42. The Morgan fingerprint density at radius 1 is 1.28 bits per heavy atom. The number of rotatable bonds is 7. The maximum absolute atomic E-state index is 12.1. The van der Waals surface area contributed by atoms with Gasteiger partial charge in [-0.1, -0.05) is 13.8 Å². The van der Waals surface area contributed by atoms with E-state index in [4.69, 9.17) is 9.47 Å². The average molecular weight is 349 g/mol. The van der Waals surface area contributed by atoms with Gasteiger partial charge in [-0.25, -0.2) is 4.79 Å². The van der Waals surface area contributed by atoms with Gasteiger partial charge in [-0.15, -0.1) is 0 Å². The number of benzene rings is 1. The molecule has 140 valence electrons. The molecule has 6 nitrogen and oxygen atoms in total. The fourth-order valence-corrected chi connectivity index (χ4v) is 3.54. The van der Waals surface area contributed by atoms with E-state index in [-0.39, 0.29) is 18.1 Å². The van der Waals surface area contributed by atoms with E-state index in [9.17, 15) is 4.79 Å². The van der Waals surface area contributed by atoms with Gasteiger partial charge in [-0.3, -0.25) is 4.90 Å². The van der Waals surface area contributed by atoms with E-state index >= 15 is 0 Å². The predicted octanol–water partition coefficient (Wildman–Crippen LogP) is 2.72. The molecule has 0 fully saturated rings. The maximum Gasteiger partial charge on any atom is 0.315 e. The fraction of sp³-hybridized carbons (Fsp3) is 0.632. The molecule has 2 N–H and O–H groups in total. The van der Waals surface area contributed by atoms with Crippen molar-refractivity contribution in [3.8, 4) is 11.5 Å². The first-order chi connectivity index (χ1) is 12.0. The summed E-state index contributed by atoms with van der Waals surface area (Å²) < 4.78 is 10.9. The molecule has 25 heavy (non-hydrogen) atoms. The number of methoxy groups -OCH3 is 2. The molecule has 0 saturated heterocycles. The van der Waals surface area contributed by atoms with Crippen LogP contribution in [0.3, 0.4) is 0 Å². The number of urea groups is 1. The van der Waals surface area contributed by atoms with Crippen LogP contribution in [0.4, 0.5) is 4.79 Å². The molecule has 2 amide bonds. The third-order valence-electron chi connectivity index (χ3n) is 4.80. The van der Waals surface area contributed by atoms with Gasteiger partial charge in [-0.2, -0.15) is 0 Å². The SMILES string of the molecule is CCCNC(=O)NC(C)C1c2cc(OC)c(OC)cc2CCN1CC. The van der Waals surface area contributed by atoms with Gasteiger partial charge in [-0.05, 0) is 49.6 Å². The molecule has 0 aromatic heterocycles. The molecule has 1 aromatic rings. The Bertz CT molecular complexity index is 592. The van der Waals surface area contributed by atoms with Gasteiger partial charge in [0.15, 0.2) is 11.5 Å². The molecule has 1 aromatic carbocycles. The van der Waals surface area contributed by atoms with Gasteiger partial charge in [0, 0.05) is 19.1 Å². The van der Waals surface area contributed by atoms with Gasteiger partial charge in [0.25, 0.3) is 0 Å². The standard InChI is InChI=1S/C19H31N3O3/c1-6-9-20-19(23)21-13(3)18-15-12-17(25-5)16(24-4)11-14(15)8-10-22(18)7-2/h11-13,18H,6-10H2,1-5H3,(H2,20,21,23). The van der Waals surface area contributed by atoms with Crippen LogP contribution in [0.5, 0.6) is 11.5 Å². The van der Waals surface area contributed by atoms with Gasteiger partial charge in [0.2, 0.25) is 0 Å². The molecule has 1 heterocycles. The number of likely N-dealkylation sites (N-methyl/N-ethyl adjacent to an activating group) is 1. The van der Waals surface area contributed by atoms with Gasteiger partial charge in [0.1, 0.15) is 0 Å². The molecule has 2 atom stereocenters. The third-order valence-corrected chi connectivity index (χ3v) is 4.80. The second kappa shape index (κ2) is 8.94. The molecule has 1 aliphatic heterocycles. The smallest absolute Gasteiger partial charge is 0.315 e. The number of nitrogens with zero attached hydrogens (tertiary/aromatic N) is 1. The van der Waals surface area contributed by atoms with Crippen molar-refractivity contribution in [3.05, 3.63) is 23.3 Å². The maximum atomic E-state index is 12.1. The van der Waals surface area contributed by atoms with Gasteiger partial charge in [0.05, 0.1) is 20.3 Å². The lowest BCUT2D eigenvalue weighted by Crippen LogP contribution is -2.50. The van der Waals surface area contributed by atoms with E-state index in [0.717, 1.165) is 37.4 Å². The summed E-state index contributed by atoms with van der Waals surface area (Å²) >= 11 is 0. The number of fused-ring (bicyclic) bond motifs is 1. The van der Waals surface area contributed by atoms with Crippen molar-refractivity contribution in [2.24, 2.45) is 0 Å². The average Bonchev–Trinajstić information content (AvgIpc) is 2.63. The summed E-state index contributed by atoms with van der Waals surface area (Å²) in [6.07, 6.45) is 1.89. The van der Waals surface area contributed by atoms with E-state index in [0.29, 0.717) is 6.54 Å². The van der Waals surface area contributed by atoms with Crippen LogP contribution in [0.15, 0.2) is 12.1 Å². The van der Waals surface area contributed by atoms with Crippen LogP contribution in [0.25, 0.3) is 0 Å². The van der Waals surface area contributed by atoms with Crippen molar-refractivity contribution >= 4 is 6.03 Å². The molecular weight excluding hydrogens is 318 g/mol. The van der Waals surface area contributed by atoms with Crippen molar-refractivity contribution in [3.63, 3.8) is 0 Å². The highest BCUT2D eigenvalue weighted by Gasteiger charge is 2.32. The molecular formula is C19H31N3O3. The quantitative estimate of drug-likeness (QED) is 0.794. The Hall–Kier alpha value is -1.95. The first-order valence-corrected chi connectivity index (χ1v) is 9.08. The summed E-state index contributed by atoms with van der Waals surface area (Å²) in [4.78, 5) is 14.5. The number of ether oxygens (including phenoxy) is 2. The Kier molecular flexibility index (Phi) is 6.93. The molecule has 0 aliphatic carbocycles. The van der Waals surface area contributed by atoms with Crippen LogP contribution in [0.1, 0.15) is 44.4 Å². The van der Waals surface area contributed by atoms with Crippen LogP contribution < -0.4 is 20.1 Å². The van der Waals surface area contributed by atoms with E-state index < -0.39 is 0 Å². The summed E-state index contributed by atoms with van der Waals surface area (Å²) in [5.74, 6) is 1.48. The molecule has 2 rings (SSSR count). The highest BCUT2D eigenvalue weighted by Crippen LogP contribution is 2.39. The highest BCUT2D eigenvalue weighted by molar-refractivity contribution is 5.74. The van der Waals surface area contributed by atoms with Gasteiger partial charge < -0.3 is 20.1 Å². The summed E-state index contributed by atoms with van der Waals surface area (Å²) in [7, 11) is 3.31. The van der Waals surface area contributed by atoms with Crippen molar-refractivity contribution in [2.45, 2.75) is 45.7 Å². The Morgan fingerprint density at radius 3 is 2.56 bits per heavy atom. The highest BCUT2D eigenvalue weighted by atomic mass is 16.5. The zero-order valence-corrected chi connectivity index (χ0v) is 16.0. The first-order valence-electron chi connectivity index (χ1n) is 9.08. The second-order valence-electron chi connectivity index (χ2n) is 6.42. The van der Waals surface area contributed by atoms with Crippen LogP contribution in [0, 0.1) is 0 Å². The summed E-state index contributed by atoms with van der Waals surface area (Å²) in [6.45, 7) is 8.84. The molecule has 6 heteroatoms. The van der Waals surface area contributed by atoms with Crippen LogP contribution in [0.2, 0.25) is 0 Å². The number of amides is 2. The van der Waals surface area contributed by atoms with Crippen molar-refractivity contribution in [2.75, 3.05) is 33.9 Å². The fourth-order valence-electron chi connectivity index (χ4n) is 3.54. The molecule has 0 spiro atoms. The summed E-state index contributed by atoms with van der Waals surface area (Å²) in [5.41, 5.74) is 2.46. The summed E-state index contributed by atoms with van der Waals surface area (Å²) in [6, 6.07) is 4.11. The molecule has 1 aliphatic rings. The Balaban J connectivity index is 2.30. The van der Waals surface area contributed by atoms with E-state index in [1.165, 1.54) is 11.1 Å². The lowest BCUT2D eigenvalue weighted by molar-refractivity contribution is 0.158. The Morgan fingerprint density at radius 2 is 1.96 bits per heavy atom. The zero-order valence-electron chi connectivity index (χ0n) is 16.0. The minimum absolute atomic E-state index is 0.0195. The third kappa shape index (κ3) is 4.37. The zero-order chi connectivity index (χ0) is 18.4. The predicted molar refractivity (Wildman–Crippen MR) is 99.5 cm³/mol. The minimum Gasteiger partial charge on any atom is -0.493 e. The van der Waals surface area contributed by atoms with Crippen LogP contribution in [-0.2, 0) is 6.42 Å². The van der Waals surface area contributed by atoms with Crippen molar-refractivity contribution < 1.29 is 14.3 Å². The van der Waals surface area contributed by atoms with Crippen molar-refractivity contribution in [1.29, 1.82) is 0 Å². The molecule has 2 unspecified atom stereocenters. The number of nitrogens with one attached hydrogen (secondary N) is 2. The Labute approximate surface area is 150 Å². The molecule has 0 radical (unpaired) electrons. The van der Waals surface area contributed by atoms with E-state index in [1.54, 1.807) is 14.2 Å². The monoisotopic (exact) mass is 349 g/mol. The normalized spacial score (nSPS) is 18.2. The minimum atomic E-state index is -0.113. The van der Waals surface area contributed by atoms with E-state index in [2.05, 4.69) is 41.5 Å². The van der Waals surface area contributed by atoms with E-state index in [1.807, 2.05) is 6.92 Å². The largest absolute Gasteiger partial charge is 0.493 e. The van der Waals surface area contributed by atoms with Crippen molar-refractivity contribution in [1.82, 2.24) is 15.5 Å². The number of hydrogen-bond donors (Lipinski definition) is 2. The summed E-state index contributed by atoms with van der Waals surface area (Å²) in [5, 5.41) is 5.98. The number of carbonyl (C=O) groups is 1. The topological polar surface area (TPSA) is 62.8 Å². The first kappa shape index (κ1) is 19.4. The van der Waals surface area contributed by atoms with Gasteiger partial charge >= 0.3 is 6.03 Å². The number of carbonyl (C=O) groups excluding carboxylic acids is 1. The number of hydrogen-bond acceptors (Lipinski definition) is 4. The molecule has 0 saturated carbocycles.